The molecular formula is C17H22FN3O3. The third-order valence-electron chi connectivity index (χ3n) is 3.43. The number of carbonyl (C=O) groups is 1. The van der Waals surface area contributed by atoms with Gasteiger partial charge in [-0.3, -0.25) is 0 Å². The summed E-state index contributed by atoms with van der Waals surface area (Å²) in [6.45, 7) is 2.60. The number of nitrogens with zero attached hydrogens (tertiary/aromatic N) is 1. The highest BCUT2D eigenvalue weighted by atomic mass is 19.1. The maximum Gasteiger partial charge on any atom is 0.314 e. The molecular weight excluding hydrogens is 313 g/mol. The molecule has 0 aliphatic rings. The lowest BCUT2D eigenvalue weighted by Gasteiger charge is -2.11. The fourth-order valence-electron chi connectivity index (χ4n) is 2.16. The largest absolute Gasteiger partial charge is 0.444 e. The van der Waals surface area contributed by atoms with Crippen molar-refractivity contribution in [1.82, 2.24) is 15.6 Å². The average Bonchev–Trinajstić information content (AvgIpc) is 3.03. The third kappa shape index (κ3) is 5.66. The normalized spacial score (nSPS) is 12.0. The summed E-state index contributed by atoms with van der Waals surface area (Å²) in [5, 5.41) is 14.8. The van der Waals surface area contributed by atoms with Crippen molar-refractivity contribution in [3.05, 3.63) is 42.0 Å². The minimum absolute atomic E-state index is 0.234. The van der Waals surface area contributed by atoms with Crippen molar-refractivity contribution < 1.29 is 18.7 Å². The highest BCUT2D eigenvalue weighted by Gasteiger charge is 2.08. The van der Waals surface area contributed by atoms with Gasteiger partial charge in [0.15, 0.2) is 0 Å². The van der Waals surface area contributed by atoms with E-state index in [0.29, 0.717) is 36.5 Å². The Morgan fingerprint density at radius 1 is 1.33 bits per heavy atom. The lowest BCUT2D eigenvalue weighted by atomic mass is 10.2. The second-order valence-electron chi connectivity index (χ2n) is 5.48. The lowest BCUT2D eigenvalue weighted by molar-refractivity contribution is 0.160. The van der Waals surface area contributed by atoms with Crippen LogP contribution in [0.15, 0.2) is 34.9 Å². The summed E-state index contributed by atoms with van der Waals surface area (Å²) in [7, 11) is 0. The van der Waals surface area contributed by atoms with E-state index < -0.39 is 6.10 Å². The van der Waals surface area contributed by atoms with Crippen LogP contribution in [0.5, 0.6) is 0 Å². The SMILES string of the molecule is CCCC(O)CNC(=O)NCCc1coc(-c2ccc(F)cc2)n1. The summed E-state index contributed by atoms with van der Waals surface area (Å²) in [5.74, 6) is 0.0990. The number of oxazole rings is 1. The van der Waals surface area contributed by atoms with Crippen LogP contribution >= 0.6 is 0 Å². The molecule has 7 heteroatoms. The van der Waals surface area contributed by atoms with Gasteiger partial charge in [-0.15, -0.1) is 0 Å². The first kappa shape index (κ1) is 17.9. The topological polar surface area (TPSA) is 87.4 Å². The van der Waals surface area contributed by atoms with Crippen LogP contribution in [0.4, 0.5) is 9.18 Å². The van der Waals surface area contributed by atoms with Gasteiger partial charge in [0.2, 0.25) is 5.89 Å². The lowest BCUT2D eigenvalue weighted by Crippen LogP contribution is -2.40. The molecule has 0 fully saturated rings. The Labute approximate surface area is 140 Å². The van der Waals surface area contributed by atoms with E-state index in [2.05, 4.69) is 15.6 Å². The van der Waals surface area contributed by atoms with E-state index >= 15 is 0 Å². The maximum atomic E-state index is 12.9. The van der Waals surface area contributed by atoms with Crippen molar-refractivity contribution >= 4 is 6.03 Å². The molecule has 0 spiro atoms. The Morgan fingerprint density at radius 2 is 2.08 bits per heavy atom. The molecule has 0 saturated carbocycles. The van der Waals surface area contributed by atoms with Gasteiger partial charge in [-0.2, -0.15) is 0 Å². The number of aliphatic hydroxyl groups is 1. The molecule has 2 amide bonds. The number of benzene rings is 1. The highest BCUT2D eigenvalue weighted by molar-refractivity contribution is 5.73. The zero-order valence-corrected chi connectivity index (χ0v) is 13.6. The van der Waals surface area contributed by atoms with Gasteiger partial charge in [-0.1, -0.05) is 13.3 Å². The smallest absolute Gasteiger partial charge is 0.314 e. The quantitative estimate of drug-likeness (QED) is 0.692. The van der Waals surface area contributed by atoms with Gasteiger partial charge in [0.05, 0.1) is 11.8 Å². The molecule has 0 bridgehead atoms. The number of nitrogens with one attached hydrogen (secondary N) is 2. The van der Waals surface area contributed by atoms with Gasteiger partial charge >= 0.3 is 6.03 Å². The molecule has 2 aromatic rings. The average molecular weight is 335 g/mol. The fourth-order valence-corrected chi connectivity index (χ4v) is 2.16. The Kier molecular flexibility index (Phi) is 6.74. The van der Waals surface area contributed by atoms with E-state index in [9.17, 15) is 14.3 Å². The molecule has 0 aliphatic heterocycles. The summed E-state index contributed by atoms with van der Waals surface area (Å²) in [5.41, 5.74) is 1.39. The zero-order valence-electron chi connectivity index (χ0n) is 13.6. The molecule has 1 atom stereocenters. The number of carbonyl (C=O) groups excluding carboxylic acids is 1. The van der Waals surface area contributed by atoms with Crippen molar-refractivity contribution in [2.45, 2.75) is 32.3 Å². The molecule has 130 valence electrons. The van der Waals surface area contributed by atoms with Crippen molar-refractivity contribution in [2.24, 2.45) is 0 Å². The minimum Gasteiger partial charge on any atom is -0.444 e. The summed E-state index contributed by atoms with van der Waals surface area (Å²) in [6.07, 6.45) is 3.03. The summed E-state index contributed by atoms with van der Waals surface area (Å²) >= 11 is 0. The molecule has 1 aromatic heterocycles. The number of amides is 2. The van der Waals surface area contributed by atoms with Crippen LogP contribution in [-0.2, 0) is 6.42 Å². The standard InChI is InChI=1S/C17H22FN3O3/c1-2-3-15(22)10-20-17(23)19-9-8-14-11-24-16(21-14)12-4-6-13(18)7-5-12/h4-7,11,15,22H,2-3,8-10H2,1H3,(H2,19,20,23). The fraction of sp³-hybridized carbons (Fsp3) is 0.412. The second-order valence-corrected chi connectivity index (χ2v) is 5.48. The Bertz CT molecular complexity index is 643. The number of rotatable bonds is 8. The van der Waals surface area contributed by atoms with Crippen LogP contribution in [-0.4, -0.2) is 35.3 Å². The molecule has 1 unspecified atom stereocenters. The number of hydrogen-bond donors (Lipinski definition) is 3. The molecule has 0 aliphatic carbocycles. The van der Waals surface area contributed by atoms with E-state index in [1.807, 2.05) is 6.92 Å². The Morgan fingerprint density at radius 3 is 2.79 bits per heavy atom. The number of urea groups is 1. The van der Waals surface area contributed by atoms with Crippen molar-refractivity contribution in [3.63, 3.8) is 0 Å². The van der Waals surface area contributed by atoms with Crippen LogP contribution in [0, 0.1) is 5.82 Å². The zero-order chi connectivity index (χ0) is 17.4. The van der Waals surface area contributed by atoms with Gasteiger partial charge in [-0.05, 0) is 30.7 Å². The molecule has 1 heterocycles. The van der Waals surface area contributed by atoms with Crippen molar-refractivity contribution in [3.8, 4) is 11.5 Å². The van der Waals surface area contributed by atoms with Crippen LogP contribution in [0.3, 0.4) is 0 Å². The van der Waals surface area contributed by atoms with E-state index in [4.69, 9.17) is 4.42 Å². The van der Waals surface area contributed by atoms with E-state index in [0.717, 1.165) is 6.42 Å². The number of aromatic nitrogens is 1. The number of aliphatic hydroxyl groups excluding tert-OH is 1. The van der Waals surface area contributed by atoms with Gasteiger partial charge in [-0.25, -0.2) is 14.2 Å². The number of hydrogen-bond acceptors (Lipinski definition) is 4. The molecule has 1 aromatic carbocycles. The second kappa shape index (κ2) is 9.02. The number of halogens is 1. The van der Waals surface area contributed by atoms with Gasteiger partial charge in [0, 0.05) is 25.1 Å². The predicted octanol–water partition coefficient (Wildman–Crippen LogP) is 2.48. The van der Waals surface area contributed by atoms with E-state index in [1.165, 1.54) is 18.4 Å². The van der Waals surface area contributed by atoms with Gasteiger partial charge in [0.25, 0.3) is 0 Å². The van der Waals surface area contributed by atoms with Crippen molar-refractivity contribution in [1.29, 1.82) is 0 Å². The first-order chi connectivity index (χ1) is 11.6. The molecule has 3 N–H and O–H groups in total. The molecule has 0 radical (unpaired) electrons. The van der Waals surface area contributed by atoms with Crippen LogP contribution < -0.4 is 10.6 Å². The first-order valence-electron chi connectivity index (χ1n) is 7.98. The van der Waals surface area contributed by atoms with Crippen LogP contribution in [0.2, 0.25) is 0 Å². The van der Waals surface area contributed by atoms with Crippen LogP contribution in [0.1, 0.15) is 25.5 Å². The van der Waals surface area contributed by atoms with Crippen LogP contribution in [0.25, 0.3) is 11.5 Å². The highest BCUT2D eigenvalue weighted by Crippen LogP contribution is 2.18. The third-order valence-corrected chi connectivity index (χ3v) is 3.43. The minimum atomic E-state index is -0.519. The Balaban J connectivity index is 1.73. The van der Waals surface area contributed by atoms with Gasteiger partial charge < -0.3 is 20.2 Å². The van der Waals surface area contributed by atoms with Gasteiger partial charge in [0.1, 0.15) is 12.1 Å². The monoisotopic (exact) mass is 335 g/mol. The maximum absolute atomic E-state index is 12.9. The predicted molar refractivity (Wildman–Crippen MR) is 87.9 cm³/mol. The first-order valence-corrected chi connectivity index (χ1v) is 7.98. The summed E-state index contributed by atoms with van der Waals surface area (Å²) in [4.78, 5) is 15.9. The van der Waals surface area contributed by atoms with Crippen molar-refractivity contribution in [2.75, 3.05) is 13.1 Å². The Hall–Kier alpha value is -2.41. The summed E-state index contributed by atoms with van der Waals surface area (Å²) in [6, 6.07) is 5.56. The molecule has 0 saturated heterocycles. The van der Waals surface area contributed by atoms with E-state index in [-0.39, 0.29) is 18.4 Å². The molecule has 6 nitrogen and oxygen atoms in total. The molecule has 2 rings (SSSR count). The summed E-state index contributed by atoms with van der Waals surface area (Å²) < 4.78 is 18.3. The van der Waals surface area contributed by atoms with E-state index in [1.54, 1.807) is 12.1 Å². The molecule has 24 heavy (non-hydrogen) atoms.